The van der Waals surface area contributed by atoms with Crippen LogP contribution >= 0.6 is 0 Å². The number of carbonyl (C=O) groups excluding carboxylic acids is 2. The van der Waals surface area contributed by atoms with E-state index in [0.29, 0.717) is 0 Å². The molecule has 114 valence electrons. The molecule has 1 rings (SSSR count). The highest BCUT2D eigenvalue weighted by molar-refractivity contribution is 5.90. The lowest BCUT2D eigenvalue weighted by Crippen LogP contribution is -2.26. The van der Waals surface area contributed by atoms with Gasteiger partial charge in [0, 0.05) is 6.07 Å². The lowest BCUT2D eigenvalue weighted by Gasteiger charge is -2.13. The number of esters is 2. The van der Waals surface area contributed by atoms with E-state index in [4.69, 9.17) is 9.47 Å². The van der Waals surface area contributed by atoms with Crippen molar-refractivity contribution >= 4 is 17.6 Å². The van der Waals surface area contributed by atoms with Crippen LogP contribution in [0, 0.1) is 10.1 Å². The molecule has 0 bridgehead atoms. The lowest BCUT2D eigenvalue weighted by molar-refractivity contribution is -0.386. The number of rotatable bonds is 6. The zero-order valence-electron chi connectivity index (χ0n) is 11.8. The molecule has 0 aliphatic carbocycles. The van der Waals surface area contributed by atoms with E-state index in [2.05, 4.69) is 4.74 Å². The molecule has 0 radical (unpaired) electrons. The number of ether oxygens (including phenoxy) is 3. The van der Waals surface area contributed by atoms with Gasteiger partial charge in [-0.15, -0.1) is 0 Å². The van der Waals surface area contributed by atoms with Crippen molar-refractivity contribution in [2.75, 3.05) is 13.7 Å². The van der Waals surface area contributed by atoms with E-state index in [-0.39, 0.29) is 17.9 Å². The first kappa shape index (κ1) is 16.4. The van der Waals surface area contributed by atoms with E-state index in [1.54, 1.807) is 6.92 Å². The number of nitro benzene ring substituents is 1. The Morgan fingerprint density at radius 2 is 2.05 bits per heavy atom. The molecule has 1 atom stereocenters. The van der Waals surface area contributed by atoms with E-state index >= 15 is 0 Å². The van der Waals surface area contributed by atoms with E-state index in [1.165, 1.54) is 26.2 Å². The minimum absolute atomic E-state index is 0.0142. The summed E-state index contributed by atoms with van der Waals surface area (Å²) < 4.78 is 14.5. The Labute approximate surface area is 120 Å². The zero-order valence-corrected chi connectivity index (χ0v) is 11.8. The fourth-order valence-electron chi connectivity index (χ4n) is 1.50. The van der Waals surface area contributed by atoms with Crippen LogP contribution < -0.4 is 4.74 Å². The molecule has 21 heavy (non-hydrogen) atoms. The molecule has 1 aromatic carbocycles. The second-order valence-electron chi connectivity index (χ2n) is 3.94. The number of benzene rings is 1. The molecule has 0 saturated heterocycles. The summed E-state index contributed by atoms with van der Waals surface area (Å²) in [6, 6.07) is 3.57. The second kappa shape index (κ2) is 7.22. The molecule has 0 N–H and O–H groups in total. The molecule has 0 heterocycles. The van der Waals surface area contributed by atoms with Gasteiger partial charge in [-0.2, -0.15) is 0 Å². The van der Waals surface area contributed by atoms with Crippen LogP contribution in [0.1, 0.15) is 24.2 Å². The van der Waals surface area contributed by atoms with Gasteiger partial charge in [0.25, 0.3) is 0 Å². The number of nitro groups is 1. The summed E-state index contributed by atoms with van der Waals surface area (Å²) in [6.45, 7) is 3.23. The molecular weight excluding hydrogens is 282 g/mol. The molecule has 8 nitrogen and oxygen atoms in total. The molecule has 0 aliphatic heterocycles. The minimum atomic E-state index is -1.01. The van der Waals surface area contributed by atoms with Crippen molar-refractivity contribution in [3.05, 3.63) is 33.9 Å². The Morgan fingerprint density at radius 1 is 1.38 bits per heavy atom. The average Bonchev–Trinajstić information content (AvgIpc) is 2.46. The van der Waals surface area contributed by atoms with Crippen molar-refractivity contribution in [3.8, 4) is 5.75 Å². The molecule has 0 spiro atoms. The van der Waals surface area contributed by atoms with Gasteiger partial charge in [0.15, 0.2) is 11.9 Å². The monoisotopic (exact) mass is 297 g/mol. The average molecular weight is 297 g/mol. The van der Waals surface area contributed by atoms with E-state index in [1.807, 2.05) is 0 Å². The van der Waals surface area contributed by atoms with Gasteiger partial charge >= 0.3 is 17.6 Å². The Balaban J connectivity index is 3.04. The highest BCUT2D eigenvalue weighted by atomic mass is 16.6. The largest absolute Gasteiger partial charge is 0.472 e. The van der Waals surface area contributed by atoms with Crippen molar-refractivity contribution in [1.82, 2.24) is 0 Å². The first-order valence-corrected chi connectivity index (χ1v) is 6.10. The topological polar surface area (TPSA) is 105 Å². The first-order valence-electron chi connectivity index (χ1n) is 6.10. The molecule has 8 heteroatoms. The highest BCUT2D eigenvalue weighted by Crippen LogP contribution is 2.29. The van der Waals surface area contributed by atoms with Crippen LogP contribution in [0.25, 0.3) is 0 Å². The lowest BCUT2D eigenvalue weighted by atomic mass is 10.2. The Morgan fingerprint density at radius 3 is 2.57 bits per heavy atom. The fraction of sp³-hybridized carbons (Fsp3) is 0.385. The van der Waals surface area contributed by atoms with Gasteiger partial charge in [0.2, 0.25) is 0 Å². The Kier molecular flexibility index (Phi) is 5.65. The zero-order chi connectivity index (χ0) is 16.0. The summed E-state index contributed by atoms with van der Waals surface area (Å²) in [7, 11) is 1.17. The third-order valence-corrected chi connectivity index (χ3v) is 2.50. The number of methoxy groups -OCH3 is 1. The van der Waals surface area contributed by atoms with Gasteiger partial charge in [-0.3, -0.25) is 10.1 Å². The summed E-state index contributed by atoms with van der Waals surface area (Å²) in [4.78, 5) is 33.1. The second-order valence-corrected chi connectivity index (χ2v) is 3.94. The number of hydrogen-bond acceptors (Lipinski definition) is 7. The van der Waals surface area contributed by atoms with Crippen LogP contribution in [-0.4, -0.2) is 36.7 Å². The highest BCUT2D eigenvalue weighted by Gasteiger charge is 2.23. The minimum Gasteiger partial charge on any atom is -0.472 e. The standard InChI is InChI=1S/C13H15NO7/c1-4-20-12(15)8(2)21-11-6-5-9(13(16)19-3)7-10(11)14(17)18/h5-8H,4H2,1-3H3. The van der Waals surface area contributed by atoms with Gasteiger partial charge < -0.3 is 14.2 Å². The van der Waals surface area contributed by atoms with Crippen molar-refractivity contribution in [2.45, 2.75) is 20.0 Å². The Bertz CT molecular complexity index is 555. The SMILES string of the molecule is CCOC(=O)C(C)Oc1ccc(C(=O)OC)cc1[N+](=O)[O-]. The van der Waals surface area contributed by atoms with E-state index in [9.17, 15) is 19.7 Å². The van der Waals surface area contributed by atoms with Gasteiger partial charge in [0.1, 0.15) is 0 Å². The van der Waals surface area contributed by atoms with E-state index in [0.717, 1.165) is 6.07 Å². The van der Waals surface area contributed by atoms with Crippen molar-refractivity contribution in [3.63, 3.8) is 0 Å². The van der Waals surface area contributed by atoms with Gasteiger partial charge in [0.05, 0.1) is 24.2 Å². The molecule has 0 aromatic heterocycles. The predicted octanol–water partition coefficient (Wildman–Crippen LogP) is 1.71. The summed E-state index contributed by atoms with van der Waals surface area (Å²) in [5.41, 5.74) is -0.422. The molecule has 0 fully saturated rings. The van der Waals surface area contributed by atoms with E-state index < -0.39 is 28.7 Å². The van der Waals surface area contributed by atoms with Gasteiger partial charge in [-0.05, 0) is 26.0 Å². The summed E-state index contributed by atoms with van der Waals surface area (Å²) in [5, 5.41) is 11.0. The maximum Gasteiger partial charge on any atom is 0.347 e. The number of carbonyl (C=O) groups is 2. The fourth-order valence-corrected chi connectivity index (χ4v) is 1.50. The quantitative estimate of drug-likeness (QED) is 0.447. The third kappa shape index (κ3) is 4.16. The maximum atomic E-state index is 11.5. The van der Waals surface area contributed by atoms with Gasteiger partial charge in [-0.25, -0.2) is 9.59 Å². The summed E-state index contributed by atoms with van der Waals surface area (Å²) in [6.07, 6.45) is -1.01. The van der Waals surface area contributed by atoms with Crippen LogP contribution in [0.15, 0.2) is 18.2 Å². The molecule has 0 saturated carbocycles. The first-order chi connectivity index (χ1) is 9.90. The van der Waals surface area contributed by atoms with Crippen LogP contribution in [0.3, 0.4) is 0 Å². The summed E-state index contributed by atoms with van der Waals surface area (Å²) >= 11 is 0. The van der Waals surface area contributed by atoms with Crippen molar-refractivity contribution in [2.24, 2.45) is 0 Å². The smallest absolute Gasteiger partial charge is 0.347 e. The molecule has 1 aromatic rings. The maximum absolute atomic E-state index is 11.5. The molecule has 0 aliphatic rings. The van der Waals surface area contributed by atoms with Crippen molar-refractivity contribution in [1.29, 1.82) is 0 Å². The van der Waals surface area contributed by atoms with Gasteiger partial charge in [-0.1, -0.05) is 0 Å². The van der Waals surface area contributed by atoms with Crippen LogP contribution in [0.2, 0.25) is 0 Å². The molecule has 0 amide bonds. The summed E-state index contributed by atoms with van der Waals surface area (Å²) in [5.74, 6) is -1.47. The number of nitrogens with zero attached hydrogens (tertiary/aromatic N) is 1. The third-order valence-electron chi connectivity index (χ3n) is 2.50. The molecular formula is C13H15NO7. The Hall–Kier alpha value is -2.64. The van der Waals surface area contributed by atoms with Crippen LogP contribution in [0.5, 0.6) is 5.75 Å². The number of hydrogen-bond donors (Lipinski definition) is 0. The molecule has 1 unspecified atom stereocenters. The van der Waals surface area contributed by atoms with Crippen molar-refractivity contribution < 1.29 is 28.7 Å². The van der Waals surface area contributed by atoms with Crippen LogP contribution in [0.4, 0.5) is 5.69 Å². The predicted molar refractivity (Wildman–Crippen MR) is 71.2 cm³/mol. The van der Waals surface area contributed by atoms with Crippen LogP contribution in [-0.2, 0) is 14.3 Å². The normalized spacial score (nSPS) is 11.4.